The lowest BCUT2D eigenvalue weighted by atomic mass is 9.78. The summed E-state index contributed by atoms with van der Waals surface area (Å²) >= 11 is 0. The summed E-state index contributed by atoms with van der Waals surface area (Å²) in [6, 6.07) is 15.5. The second kappa shape index (κ2) is 5.92. The van der Waals surface area contributed by atoms with Crippen LogP contribution in [-0.4, -0.2) is 34.1 Å². The van der Waals surface area contributed by atoms with Crippen molar-refractivity contribution in [2.24, 2.45) is 5.10 Å². The largest absolute Gasteiger partial charge is 0.508 e. The first-order valence-electron chi connectivity index (χ1n) is 7.69. The number of phenolic OH excluding ortho intramolecular Hbond substituents is 1. The molecule has 0 spiro atoms. The van der Waals surface area contributed by atoms with Crippen LogP contribution in [0.1, 0.15) is 29.8 Å². The predicted octanol–water partition coefficient (Wildman–Crippen LogP) is 2.75. The van der Waals surface area contributed by atoms with Crippen molar-refractivity contribution in [3.8, 4) is 5.75 Å². The molecule has 0 radical (unpaired) electrons. The molecule has 1 aliphatic rings. The summed E-state index contributed by atoms with van der Waals surface area (Å²) in [5, 5.41) is 15.6. The summed E-state index contributed by atoms with van der Waals surface area (Å²) in [5.41, 5.74) is 0.512. The number of carbonyl (C=O) groups excluding carboxylic acids is 2. The Bertz CT molecular complexity index is 830. The third-order valence-corrected chi connectivity index (χ3v) is 4.49. The number of phenols is 1. The van der Waals surface area contributed by atoms with Gasteiger partial charge in [-0.25, -0.2) is 5.01 Å². The molecular weight excluding hydrogens is 304 g/mol. The van der Waals surface area contributed by atoms with Gasteiger partial charge in [0.2, 0.25) is 0 Å². The molecular formula is C19H18N2O3. The van der Waals surface area contributed by atoms with Crippen LogP contribution in [0, 0.1) is 0 Å². The number of para-hydroxylation sites is 1. The highest BCUT2D eigenvalue weighted by atomic mass is 16.3. The number of amides is 1. The van der Waals surface area contributed by atoms with Crippen LogP contribution >= 0.6 is 0 Å². The van der Waals surface area contributed by atoms with Gasteiger partial charge in [-0.05, 0) is 19.9 Å². The van der Waals surface area contributed by atoms with Crippen LogP contribution in [0.3, 0.4) is 0 Å². The Morgan fingerprint density at radius 2 is 1.75 bits per heavy atom. The maximum absolute atomic E-state index is 12.9. The van der Waals surface area contributed by atoms with Gasteiger partial charge < -0.3 is 5.11 Å². The van der Waals surface area contributed by atoms with Gasteiger partial charge in [0, 0.05) is 11.1 Å². The highest BCUT2D eigenvalue weighted by Gasteiger charge is 2.48. The third-order valence-electron chi connectivity index (χ3n) is 4.49. The van der Waals surface area contributed by atoms with Gasteiger partial charge in [0.25, 0.3) is 5.91 Å². The molecule has 0 aromatic heterocycles. The quantitative estimate of drug-likeness (QED) is 0.880. The van der Waals surface area contributed by atoms with Crippen LogP contribution in [-0.2, 0) is 10.2 Å². The van der Waals surface area contributed by atoms with Crippen LogP contribution in [0.15, 0.2) is 59.7 Å². The summed E-state index contributed by atoms with van der Waals surface area (Å²) in [6.07, 6.45) is 0. The van der Waals surface area contributed by atoms with E-state index in [1.54, 1.807) is 62.4 Å². The van der Waals surface area contributed by atoms with Crippen LogP contribution < -0.4 is 0 Å². The SMILES string of the molecule is CC1=NN(CC(=O)c2ccccc2)C(=O)C1(C)c1ccccc1O. The van der Waals surface area contributed by atoms with Crippen molar-refractivity contribution in [2.75, 3.05) is 6.54 Å². The normalized spacial score (nSPS) is 20.2. The van der Waals surface area contributed by atoms with Gasteiger partial charge >= 0.3 is 0 Å². The van der Waals surface area contributed by atoms with Crippen molar-refractivity contribution in [1.82, 2.24) is 5.01 Å². The Balaban J connectivity index is 1.88. The third kappa shape index (κ3) is 2.48. The van der Waals surface area contributed by atoms with Crippen LogP contribution in [0.4, 0.5) is 0 Å². The standard InChI is InChI=1S/C19H18N2O3/c1-13-19(2,15-10-6-7-11-16(15)22)18(24)21(20-13)12-17(23)14-8-4-3-5-9-14/h3-11,22H,12H2,1-2H3. The van der Waals surface area contributed by atoms with Crippen LogP contribution in [0.2, 0.25) is 0 Å². The van der Waals surface area contributed by atoms with Crippen molar-refractivity contribution in [2.45, 2.75) is 19.3 Å². The second-order valence-corrected chi connectivity index (χ2v) is 5.98. The molecule has 1 unspecified atom stereocenters. The molecule has 1 atom stereocenters. The molecule has 1 heterocycles. The molecule has 1 aliphatic heterocycles. The average molecular weight is 322 g/mol. The number of aromatic hydroxyl groups is 1. The van der Waals surface area contributed by atoms with E-state index in [4.69, 9.17) is 0 Å². The Morgan fingerprint density at radius 3 is 2.42 bits per heavy atom. The van der Waals surface area contributed by atoms with Gasteiger partial charge in [0.15, 0.2) is 5.78 Å². The lowest BCUT2D eigenvalue weighted by Crippen LogP contribution is -2.41. The van der Waals surface area contributed by atoms with Gasteiger partial charge in [-0.1, -0.05) is 48.5 Å². The van der Waals surface area contributed by atoms with E-state index in [2.05, 4.69) is 5.10 Å². The molecule has 5 nitrogen and oxygen atoms in total. The second-order valence-electron chi connectivity index (χ2n) is 5.98. The van der Waals surface area contributed by atoms with E-state index in [1.165, 1.54) is 5.01 Å². The van der Waals surface area contributed by atoms with E-state index in [0.29, 0.717) is 16.8 Å². The fourth-order valence-corrected chi connectivity index (χ4v) is 2.90. The number of hydrazone groups is 1. The molecule has 0 saturated carbocycles. The lowest BCUT2D eigenvalue weighted by Gasteiger charge is -2.24. The first-order valence-corrected chi connectivity index (χ1v) is 7.69. The molecule has 0 saturated heterocycles. The van der Waals surface area contributed by atoms with Gasteiger partial charge in [-0.15, -0.1) is 0 Å². The van der Waals surface area contributed by atoms with E-state index in [1.807, 2.05) is 6.07 Å². The number of carbonyl (C=O) groups is 2. The average Bonchev–Trinajstić information content (AvgIpc) is 2.80. The predicted molar refractivity (Wildman–Crippen MR) is 91.1 cm³/mol. The van der Waals surface area contributed by atoms with E-state index in [0.717, 1.165) is 0 Å². The fourth-order valence-electron chi connectivity index (χ4n) is 2.90. The van der Waals surface area contributed by atoms with Crippen molar-refractivity contribution >= 4 is 17.4 Å². The number of benzene rings is 2. The summed E-state index contributed by atoms with van der Waals surface area (Å²) in [4.78, 5) is 25.3. The molecule has 0 fully saturated rings. The van der Waals surface area contributed by atoms with Crippen molar-refractivity contribution in [3.05, 3.63) is 65.7 Å². The molecule has 5 heteroatoms. The zero-order chi connectivity index (χ0) is 17.3. The zero-order valence-corrected chi connectivity index (χ0v) is 13.6. The Kier molecular flexibility index (Phi) is 3.93. The van der Waals surface area contributed by atoms with Crippen LogP contribution in [0.25, 0.3) is 0 Å². The fraction of sp³-hybridized carbons (Fsp3) is 0.211. The number of nitrogens with zero attached hydrogens (tertiary/aromatic N) is 2. The Morgan fingerprint density at radius 1 is 1.12 bits per heavy atom. The number of hydrogen-bond donors (Lipinski definition) is 1. The Labute approximate surface area is 140 Å². The van der Waals surface area contributed by atoms with E-state index >= 15 is 0 Å². The molecule has 122 valence electrons. The smallest absolute Gasteiger partial charge is 0.259 e. The molecule has 24 heavy (non-hydrogen) atoms. The number of hydrogen-bond acceptors (Lipinski definition) is 4. The molecule has 1 amide bonds. The number of Topliss-reactive ketones (excluding diaryl/α,β-unsaturated/α-hetero) is 1. The van der Waals surface area contributed by atoms with Crippen LogP contribution in [0.5, 0.6) is 5.75 Å². The highest BCUT2D eigenvalue weighted by Crippen LogP contribution is 2.37. The monoisotopic (exact) mass is 322 g/mol. The molecule has 0 bridgehead atoms. The van der Waals surface area contributed by atoms with Crippen molar-refractivity contribution < 1.29 is 14.7 Å². The zero-order valence-electron chi connectivity index (χ0n) is 13.6. The van der Waals surface area contributed by atoms with Gasteiger partial charge in [-0.3, -0.25) is 9.59 Å². The highest BCUT2D eigenvalue weighted by molar-refractivity contribution is 6.17. The molecule has 2 aromatic rings. The van der Waals surface area contributed by atoms with E-state index in [9.17, 15) is 14.7 Å². The summed E-state index contributed by atoms with van der Waals surface area (Å²) in [5.74, 6) is -0.452. The Hall–Kier alpha value is -2.95. The summed E-state index contributed by atoms with van der Waals surface area (Å²) in [7, 11) is 0. The summed E-state index contributed by atoms with van der Waals surface area (Å²) < 4.78 is 0. The first kappa shape index (κ1) is 15.9. The first-order chi connectivity index (χ1) is 11.4. The molecule has 3 rings (SSSR count). The topological polar surface area (TPSA) is 70.0 Å². The summed E-state index contributed by atoms with van der Waals surface area (Å²) in [6.45, 7) is 3.33. The molecule has 1 N–H and O–H groups in total. The molecule has 0 aliphatic carbocycles. The maximum atomic E-state index is 12.9. The van der Waals surface area contributed by atoms with Gasteiger partial charge in [0.1, 0.15) is 17.7 Å². The van der Waals surface area contributed by atoms with Crippen molar-refractivity contribution in [1.29, 1.82) is 0 Å². The molecule has 2 aromatic carbocycles. The number of rotatable bonds is 4. The number of ketones is 1. The van der Waals surface area contributed by atoms with Gasteiger partial charge in [-0.2, -0.15) is 5.10 Å². The van der Waals surface area contributed by atoms with Gasteiger partial charge in [0.05, 0.1) is 5.71 Å². The minimum atomic E-state index is -1.07. The van der Waals surface area contributed by atoms with E-state index < -0.39 is 5.41 Å². The lowest BCUT2D eigenvalue weighted by molar-refractivity contribution is -0.132. The minimum absolute atomic E-state index is 0.0409. The maximum Gasteiger partial charge on any atom is 0.259 e. The van der Waals surface area contributed by atoms with Crippen molar-refractivity contribution in [3.63, 3.8) is 0 Å². The van der Waals surface area contributed by atoms with E-state index in [-0.39, 0.29) is 24.0 Å². The minimum Gasteiger partial charge on any atom is -0.508 e.